The second-order valence-electron chi connectivity index (χ2n) is 8.37. The van der Waals surface area contributed by atoms with Crippen molar-refractivity contribution in [2.75, 3.05) is 25.2 Å². The van der Waals surface area contributed by atoms with Gasteiger partial charge in [-0.2, -0.15) is 0 Å². The number of amides is 3. The van der Waals surface area contributed by atoms with Crippen LogP contribution in [0.2, 0.25) is 0 Å². The molecule has 1 atom stereocenters. The molecule has 2 aliphatic rings. The van der Waals surface area contributed by atoms with Crippen molar-refractivity contribution in [2.45, 2.75) is 19.4 Å². The molecule has 186 valence electrons. The minimum absolute atomic E-state index is 0.0432. The Morgan fingerprint density at radius 1 is 1.06 bits per heavy atom. The Morgan fingerprint density at radius 2 is 1.83 bits per heavy atom. The number of piperidine rings is 1. The van der Waals surface area contributed by atoms with E-state index in [1.165, 1.54) is 12.1 Å². The van der Waals surface area contributed by atoms with Crippen LogP contribution in [0.5, 0.6) is 11.5 Å². The van der Waals surface area contributed by atoms with Crippen LogP contribution in [-0.2, 0) is 11.3 Å². The van der Waals surface area contributed by atoms with Crippen LogP contribution in [0.4, 0.5) is 10.1 Å². The van der Waals surface area contributed by atoms with Gasteiger partial charge in [-0.25, -0.2) is 4.39 Å². The molecule has 5 rings (SSSR count). The maximum Gasteiger partial charge on any atom is 0.286 e. The molecule has 3 heterocycles. The average Bonchev–Trinajstić information content (AvgIpc) is 3.58. The number of carbonyl (C=O) groups is 3. The van der Waals surface area contributed by atoms with Crippen LogP contribution in [0.25, 0.3) is 0 Å². The highest BCUT2D eigenvalue weighted by molar-refractivity contribution is 7.15. The minimum Gasteiger partial charge on any atom is -0.454 e. The van der Waals surface area contributed by atoms with E-state index in [1.54, 1.807) is 35.2 Å². The van der Waals surface area contributed by atoms with Crippen molar-refractivity contribution in [1.82, 2.24) is 20.4 Å². The Hall–Kier alpha value is -4.06. The molecule has 3 amide bonds. The van der Waals surface area contributed by atoms with Crippen molar-refractivity contribution in [1.29, 1.82) is 0 Å². The van der Waals surface area contributed by atoms with Crippen molar-refractivity contribution in [3.8, 4) is 11.5 Å². The normalized spacial score (nSPS) is 16.5. The van der Waals surface area contributed by atoms with Crippen LogP contribution in [0.1, 0.15) is 38.0 Å². The number of halogens is 1. The van der Waals surface area contributed by atoms with Crippen LogP contribution in [0.15, 0.2) is 42.5 Å². The van der Waals surface area contributed by atoms with E-state index in [1.807, 2.05) is 0 Å². The van der Waals surface area contributed by atoms with Gasteiger partial charge in [0, 0.05) is 31.4 Å². The molecule has 0 saturated carbocycles. The Labute approximate surface area is 209 Å². The number of hydrogen-bond acceptors (Lipinski definition) is 8. The van der Waals surface area contributed by atoms with Gasteiger partial charge in [0.25, 0.3) is 11.8 Å². The molecule has 0 spiro atoms. The SMILES string of the molecule is O=C(Nc1ccc2c(c1)OCO2)c1nnc(C(=O)N2CCC[C@H](C(=O)NCc3ccc(F)cc3)C2)s1. The van der Waals surface area contributed by atoms with E-state index < -0.39 is 5.91 Å². The van der Waals surface area contributed by atoms with Crippen molar-refractivity contribution >= 4 is 34.7 Å². The maximum atomic E-state index is 13.1. The van der Waals surface area contributed by atoms with Crippen LogP contribution < -0.4 is 20.1 Å². The summed E-state index contributed by atoms with van der Waals surface area (Å²) in [7, 11) is 0. The third kappa shape index (κ3) is 5.28. The zero-order valence-corrected chi connectivity index (χ0v) is 19.8. The number of hydrogen-bond donors (Lipinski definition) is 2. The molecule has 3 aromatic rings. The maximum absolute atomic E-state index is 13.1. The third-order valence-electron chi connectivity index (χ3n) is 5.89. The van der Waals surface area contributed by atoms with E-state index >= 15 is 0 Å². The highest BCUT2D eigenvalue weighted by Crippen LogP contribution is 2.34. The van der Waals surface area contributed by atoms with E-state index in [9.17, 15) is 18.8 Å². The lowest BCUT2D eigenvalue weighted by Gasteiger charge is -2.31. The van der Waals surface area contributed by atoms with Gasteiger partial charge in [-0.05, 0) is 42.7 Å². The molecule has 10 nitrogen and oxygen atoms in total. The molecule has 0 unspecified atom stereocenters. The number of benzene rings is 2. The van der Waals surface area contributed by atoms with E-state index in [-0.39, 0.29) is 53.4 Å². The summed E-state index contributed by atoms with van der Waals surface area (Å²) in [6.45, 7) is 1.13. The third-order valence-corrected chi connectivity index (χ3v) is 6.80. The van der Waals surface area contributed by atoms with Crippen LogP contribution in [0, 0.1) is 11.7 Å². The number of ether oxygens (including phenoxy) is 2. The first-order valence-corrected chi connectivity index (χ1v) is 12.1. The van der Waals surface area contributed by atoms with Crippen molar-refractivity contribution in [2.24, 2.45) is 5.92 Å². The average molecular weight is 512 g/mol. The van der Waals surface area contributed by atoms with Crippen LogP contribution >= 0.6 is 11.3 Å². The first-order chi connectivity index (χ1) is 17.5. The standard InChI is InChI=1S/C24H22FN5O5S/c25-16-5-3-14(4-6-16)11-26-20(31)15-2-1-9-30(12-15)24(33)23-29-28-22(36-23)21(32)27-17-7-8-18-19(10-17)35-13-34-18/h3-8,10,15H,1-2,9,11-13H2,(H,26,31)(H,27,32)/t15-/m0/s1. The van der Waals surface area contributed by atoms with Gasteiger partial charge in [-0.15, -0.1) is 10.2 Å². The van der Waals surface area contributed by atoms with Gasteiger partial charge in [0.15, 0.2) is 11.5 Å². The lowest BCUT2D eigenvalue weighted by molar-refractivity contribution is -0.126. The summed E-state index contributed by atoms with van der Waals surface area (Å²) in [5.74, 6) is -0.615. The number of aromatic nitrogens is 2. The van der Waals surface area contributed by atoms with Gasteiger partial charge in [-0.1, -0.05) is 23.5 Å². The summed E-state index contributed by atoms with van der Waals surface area (Å²) in [6.07, 6.45) is 1.31. The number of nitrogens with one attached hydrogen (secondary N) is 2. The first-order valence-electron chi connectivity index (χ1n) is 11.3. The second kappa shape index (κ2) is 10.3. The fourth-order valence-corrected chi connectivity index (χ4v) is 4.71. The smallest absolute Gasteiger partial charge is 0.286 e. The minimum atomic E-state index is -0.498. The van der Waals surface area contributed by atoms with E-state index in [0.29, 0.717) is 36.6 Å². The Morgan fingerprint density at radius 3 is 2.67 bits per heavy atom. The number of likely N-dealkylation sites (tertiary alicyclic amines) is 1. The summed E-state index contributed by atoms with van der Waals surface area (Å²) in [6, 6.07) is 10.9. The number of rotatable bonds is 6. The van der Waals surface area contributed by atoms with Gasteiger partial charge in [0.2, 0.25) is 22.7 Å². The zero-order chi connectivity index (χ0) is 25.1. The molecule has 1 saturated heterocycles. The number of carbonyl (C=O) groups excluding carboxylic acids is 3. The predicted molar refractivity (Wildman–Crippen MR) is 127 cm³/mol. The van der Waals surface area contributed by atoms with Crippen LogP contribution in [0.3, 0.4) is 0 Å². The van der Waals surface area contributed by atoms with Crippen molar-refractivity contribution in [3.63, 3.8) is 0 Å². The molecule has 0 aliphatic carbocycles. The molecule has 2 N–H and O–H groups in total. The van der Waals surface area contributed by atoms with Gasteiger partial charge < -0.3 is 25.0 Å². The van der Waals surface area contributed by atoms with Crippen LogP contribution in [-0.4, -0.2) is 52.7 Å². The summed E-state index contributed by atoms with van der Waals surface area (Å²) in [5.41, 5.74) is 1.28. The molecule has 1 fully saturated rings. The largest absolute Gasteiger partial charge is 0.454 e. The topological polar surface area (TPSA) is 123 Å². The van der Waals surface area contributed by atoms with Gasteiger partial charge in [-0.3, -0.25) is 14.4 Å². The van der Waals surface area contributed by atoms with Crippen molar-refractivity contribution < 1.29 is 28.2 Å². The Kier molecular flexibility index (Phi) is 6.76. The van der Waals surface area contributed by atoms with Gasteiger partial charge in [0.05, 0.1) is 5.92 Å². The fourth-order valence-electron chi connectivity index (χ4n) is 4.01. The number of nitrogens with zero attached hydrogens (tertiary/aromatic N) is 3. The molecule has 2 aliphatic heterocycles. The monoisotopic (exact) mass is 511 g/mol. The quantitative estimate of drug-likeness (QED) is 0.522. The van der Waals surface area contributed by atoms with Gasteiger partial charge in [0.1, 0.15) is 5.82 Å². The molecule has 0 bridgehead atoms. The molecule has 0 radical (unpaired) electrons. The van der Waals surface area contributed by atoms with Gasteiger partial charge >= 0.3 is 0 Å². The number of fused-ring (bicyclic) bond motifs is 1. The Bertz CT molecular complexity index is 1300. The lowest BCUT2D eigenvalue weighted by atomic mass is 9.97. The molecule has 1 aromatic heterocycles. The predicted octanol–water partition coefficient (Wildman–Crippen LogP) is 2.83. The summed E-state index contributed by atoms with van der Waals surface area (Å²) < 4.78 is 23.6. The summed E-state index contributed by atoms with van der Waals surface area (Å²) in [5, 5.41) is 13.5. The highest BCUT2D eigenvalue weighted by atomic mass is 32.1. The molecular formula is C24H22FN5O5S. The lowest BCUT2D eigenvalue weighted by Crippen LogP contribution is -2.45. The number of anilines is 1. The van der Waals surface area contributed by atoms with E-state index in [2.05, 4.69) is 20.8 Å². The zero-order valence-electron chi connectivity index (χ0n) is 19.0. The van der Waals surface area contributed by atoms with E-state index in [4.69, 9.17) is 9.47 Å². The van der Waals surface area contributed by atoms with E-state index in [0.717, 1.165) is 16.9 Å². The Balaban J connectivity index is 1.17. The first kappa shape index (κ1) is 23.7. The highest BCUT2D eigenvalue weighted by Gasteiger charge is 2.31. The summed E-state index contributed by atoms with van der Waals surface area (Å²) in [4.78, 5) is 39.8. The van der Waals surface area contributed by atoms with Crippen molar-refractivity contribution in [3.05, 3.63) is 63.9 Å². The molecule has 12 heteroatoms. The molecule has 2 aromatic carbocycles. The molecular weight excluding hydrogens is 489 g/mol. The fraction of sp³-hybridized carbons (Fsp3) is 0.292. The molecule has 36 heavy (non-hydrogen) atoms. The second-order valence-corrected chi connectivity index (χ2v) is 9.35. The summed E-state index contributed by atoms with van der Waals surface area (Å²) >= 11 is 0.893.